The molecule has 4 N–H and O–H groups in total. The predicted octanol–water partition coefficient (Wildman–Crippen LogP) is 1.18. The summed E-state index contributed by atoms with van der Waals surface area (Å²) in [5.74, 6) is 1.34. The SMILES string of the molecule is Cc1ccccc1.NCC1COC1.NCC1COC1. The molecule has 0 amide bonds. The highest BCUT2D eigenvalue weighted by Crippen LogP contribution is 2.06. The van der Waals surface area contributed by atoms with Crippen molar-refractivity contribution >= 4 is 0 Å². The van der Waals surface area contributed by atoms with E-state index in [1.165, 1.54) is 5.56 Å². The van der Waals surface area contributed by atoms with Crippen LogP contribution in [0.4, 0.5) is 0 Å². The lowest BCUT2D eigenvalue weighted by atomic mass is 10.1. The van der Waals surface area contributed by atoms with Gasteiger partial charge in [0.25, 0.3) is 0 Å². The number of hydrogen-bond acceptors (Lipinski definition) is 4. The molecule has 4 heteroatoms. The van der Waals surface area contributed by atoms with Crippen LogP contribution in [0.1, 0.15) is 5.56 Å². The van der Waals surface area contributed by atoms with Crippen LogP contribution in [-0.4, -0.2) is 39.5 Å². The highest BCUT2D eigenvalue weighted by molar-refractivity contribution is 5.11. The Hall–Kier alpha value is -0.940. The Bertz CT molecular complexity index is 292. The lowest BCUT2D eigenvalue weighted by Gasteiger charge is -2.23. The summed E-state index contributed by atoms with van der Waals surface area (Å²) < 4.78 is 9.69. The van der Waals surface area contributed by atoms with Crippen LogP contribution in [0.5, 0.6) is 0 Å². The van der Waals surface area contributed by atoms with E-state index in [2.05, 4.69) is 19.1 Å². The van der Waals surface area contributed by atoms with Gasteiger partial charge in [0.2, 0.25) is 0 Å². The normalized spacial score (nSPS) is 18.1. The maximum atomic E-state index is 5.25. The Kier molecular flexibility index (Phi) is 8.41. The second kappa shape index (κ2) is 9.92. The average Bonchev–Trinajstić information content (AvgIpc) is 2.28. The summed E-state index contributed by atoms with van der Waals surface area (Å²) in [6.45, 7) is 7.21. The van der Waals surface area contributed by atoms with E-state index in [1.54, 1.807) is 0 Å². The molecular formula is C15H26N2O2. The van der Waals surface area contributed by atoms with E-state index in [1.807, 2.05) is 18.2 Å². The van der Waals surface area contributed by atoms with Crippen molar-refractivity contribution in [3.05, 3.63) is 35.9 Å². The zero-order valence-corrected chi connectivity index (χ0v) is 11.8. The van der Waals surface area contributed by atoms with Gasteiger partial charge in [0.1, 0.15) is 0 Å². The van der Waals surface area contributed by atoms with Crippen molar-refractivity contribution in [1.29, 1.82) is 0 Å². The van der Waals surface area contributed by atoms with Crippen molar-refractivity contribution in [1.82, 2.24) is 0 Å². The molecule has 0 bridgehead atoms. The Morgan fingerprint density at radius 2 is 1.32 bits per heavy atom. The minimum absolute atomic E-state index is 0.671. The number of nitrogens with two attached hydrogens (primary N) is 2. The van der Waals surface area contributed by atoms with Gasteiger partial charge >= 0.3 is 0 Å². The third-order valence-electron chi connectivity index (χ3n) is 3.02. The van der Waals surface area contributed by atoms with Gasteiger partial charge in [-0.3, -0.25) is 0 Å². The first kappa shape index (κ1) is 16.1. The molecule has 108 valence electrons. The van der Waals surface area contributed by atoms with E-state index in [0.717, 1.165) is 39.5 Å². The fourth-order valence-corrected chi connectivity index (χ4v) is 1.38. The molecule has 1 aromatic carbocycles. The lowest BCUT2D eigenvalue weighted by Crippen LogP contribution is -2.33. The van der Waals surface area contributed by atoms with Crippen molar-refractivity contribution in [2.45, 2.75) is 6.92 Å². The monoisotopic (exact) mass is 266 g/mol. The smallest absolute Gasteiger partial charge is 0.0528 e. The molecule has 1 aromatic rings. The Labute approximate surface area is 116 Å². The summed E-state index contributed by atoms with van der Waals surface area (Å²) in [7, 11) is 0. The first-order chi connectivity index (χ1) is 9.26. The Morgan fingerprint density at radius 3 is 1.42 bits per heavy atom. The maximum Gasteiger partial charge on any atom is 0.0528 e. The molecular weight excluding hydrogens is 240 g/mol. The van der Waals surface area contributed by atoms with Crippen LogP contribution in [0.15, 0.2) is 30.3 Å². The lowest BCUT2D eigenvalue weighted by molar-refractivity contribution is -0.0268. The zero-order chi connectivity index (χ0) is 13.9. The van der Waals surface area contributed by atoms with E-state index in [0.29, 0.717) is 11.8 Å². The molecule has 2 saturated heterocycles. The molecule has 0 unspecified atom stereocenters. The Balaban J connectivity index is 0.000000143. The van der Waals surface area contributed by atoms with E-state index in [4.69, 9.17) is 20.9 Å². The van der Waals surface area contributed by atoms with Crippen LogP contribution in [0, 0.1) is 18.8 Å². The summed E-state index contributed by atoms with van der Waals surface area (Å²) in [6, 6.07) is 10.3. The van der Waals surface area contributed by atoms with Crippen LogP contribution < -0.4 is 11.5 Å². The van der Waals surface area contributed by atoms with Gasteiger partial charge in [-0.05, 0) is 20.0 Å². The summed E-state index contributed by atoms with van der Waals surface area (Å²) >= 11 is 0. The molecule has 2 aliphatic rings. The highest BCUT2D eigenvalue weighted by Gasteiger charge is 2.15. The molecule has 3 rings (SSSR count). The largest absolute Gasteiger partial charge is 0.381 e. The van der Waals surface area contributed by atoms with Crippen LogP contribution in [-0.2, 0) is 9.47 Å². The number of rotatable bonds is 2. The molecule has 0 aliphatic carbocycles. The first-order valence-corrected chi connectivity index (χ1v) is 6.83. The van der Waals surface area contributed by atoms with Gasteiger partial charge in [0, 0.05) is 11.8 Å². The van der Waals surface area contributed by atoms with Crippen LogP contribution in [0.2, 0.25) is 0 Å². The van der Waals surface area contributed by atoms with Gasteiger partial charge in [-0.1, -0.05) is 35.9 Å². The average molecular weight is 266 g/mol. The van der Waals surface area contributed by atoms with Gasteiger partial charge in [0.05, 0.1) is 26.4 Å². The van der Waals surface area contributed by atoms with Crippen molar-refractivity contribution in [2.24, 2.45) is 23.3 Å². The molecule has 19 heavy (non-hydrogen) atoms. The first-order valence-electron chi connectivity index (χ1n) is 6.83. The predicted molar refractivity (Wildman–Crippen MR) is 77.9 cm³/mol. The van der Waals surface area contributed by atoms with E-state index < -0.39 is 0 Å². The Morgan fingerprint density at radius 1 is 0.895 bits per heavy atom. The molecule has 0 saturated carbocycles. The number of ether oxygens (including phenoxy) is 2. The molecule has 0 radical (unpaired) electrons. The quantitative estimate of drug-likeness (QED) is 0.843. The summed E-state index contributed by atoms with van der Waals surface area (Å²) in [4.78, 5) is 0. The van der Waals surface area contributed by atoms with Gasteiger partial charge in [-0.15, -0.1) is 0 Å². The number of aryl methyl sites for hydroxylation is 1. The molecule has 2 fully saturated rings. The van der Waals surface area contributed by atoms with Crippen LogP contribution in [0.3, 0.4) is 0 Å². The van der Waals surface area contributed by atoms with Gasteiger partial charge in [-0.2, -0.15) is 0 Å². The second-order valence-corrected chi connectivity index (χ2v) is 4.93. The summed E-state index contributed by atoms with van der Waals surface area (Å²) in [5.41, 5.74) is 11.8. The van der Waals surface area contributed by atoms with Crippen molar-refractivity contribution in [3.8, 4) is 0 Å². The van der Waals surface area contributed by atoms with E-state index in [9.17, 15) is 0 Å². The van der Waals surface area contributed by atoms with Gasteiger partial charge in [0.15, 0.2) is 0 Å². The summed E-state index contributed by atoms with van der Waals surface area (Å²) in [6.07, 6.45) is 0. The van der Waals surface area contributed by atoms with Crippen molar-refractivity contribution < 1.29 is 9.47 Å². The van der Waals surface area contributed by atoms with Crippen LogP contribution >= 0.6 is 0 Å². The fraction of sp³-hybridized carbons (Fsp3) is 0.600. The standard InChI is InChI=1S/C7H8.2C4H9NO/c1-7-5-3-2-4-6-7;2*5-1-4-2-6-3-4/h2-6H,1H3;2*4H,1-3,5H2. The van der Waals surface area contributed by atoms with Crippen LogP contribution in [0.25, 0.3) is 0 Å². The molecule has 0 aromatic heterocycles. The molecule has 4 nitrogen and oxygen atoms in total. The zero-order valence-electron chi connectivity index (χ0n) is 11.8. The number of hydrogen-bond donors (Lipinski definition) is 2. The molecule has 0 spiro atoms. The third-order valence-corrected chi connectivity index (χ3v) is 3.02. The minimum atomic E-state index is 0.671. The van der Waals surface area contributed by atoms with Gasteiger partial charge in [-0.25, -0.2) is 0 Å². The van der Waals surface area contributed by atoms with E-state index in [-0.39, 0.29) is 0 Å². The van der Waals surface area contributed by atoms with E-state index >= 15 is 0 Å². The molecule has 0 atom stereocenters. The minimum Gasteiger partial charge on any atom is -0.381 e. The van der Waals surface area contributed by atoms with Crippen molar-refractivity contribution in [3.63, 3.8) is 0 Å². The highest BCUT2D eigenvalue weighted by atomic mass is 16.5. The second-order valence-electron chi connectivity index (χ2n) is 4.93. The topological polar surface area (TPSA) is 70.5 Å². The fourth-order valence-electron chi connectivity index (χ4n) is 1.38. The molecule has 2 heterocycles. The third kappa shape index (κ3) is 7.28. The number of benzene rings is 1. The maximum absolute atomic E-state index is 5.25. The van der Waals surface area contributed by atoms with Crippen molar-refractivity contribution in [2.75, 3.05) is 39.5 Å². The summed E-state index contributed by atoms with van der Waals surface area (Å²) in [5, 5.41) is 0. The molecule has 2 aliphatic heterocycles. The van der Waals surface area contributed by atoms with Gasteiger partial charge < -0.3 is 20.9 Å².